The van der Waals surface area contributed by atoms with Crippen molar-refractivity contribution in [3.63, 3.8) is 0 Å². The summed E-state index contributed by atoms with van der Waals surface area (Å²) < 4.78 is 123. The van der Waals surface area contributed by atoms with Gasteiger partial charge in [0.25, 0.3) is 10.0 Å². The van der Waals surface area contributed by atoms with Crippen LogP contribution in [0.2, 0.25) is 0 Å². The maximum absolute atomic E-state index is 13.8. The number of carbonyl (C=O) groups is 2. The predicted octanol–water partition coefficient (Wildman–Crippen LogP) is 6.28. The zero-order chi connectivity index (χ0) is 31.7. The number of rotatable bonds is 8. The quantitative estimate of drug-likeness (QED) is 0.271. The Bertz CT molecular complexity index is 1430. The fraction of sp³-hybridized carbons (Fsp3) is 0.462. The van der Waals surface area contributed by atoms with Gasteiger partial charge in [0.05, 0.1) is 28.8 Å². The molecule has 42 heavy (non-hydrogen) atoms. The van der Waals surface area contributed by atoms with E-state index < -0.39 is 62.6 Å². The van der Waals surface area contributed by atoms with Crippen molar-refractivity contribution in [3.05, 3.63) is 48.0 Å². The molecule has 0 aromatic heterocycles. The highest BCUT2D eigenvalue weighted by molar-refractivity contribution is 7.92. The Morgan fingerprint density at radius 2 is 1.71 bits per heavy atom. The molecule has 1 heterocycles. The highest BCUT2D eigenvalue weighted by atomic mass is 32.2. The van der Waals surface area contributed by atoms with Gasteiger partial charge in [-0.25, -0.2) is 13.2 Å². The number of fused-ring (bicyclic) bond motifs is 1. The standard InChI is InChI=1S/C26H28F6N2O7S/c1-5-39-22(35)12-11-20-15(2)34(42(37,38)18-8-6-7-16(13-18)25(27,28)29)19-14-17(9-10-21(19)40-20)33-23(36)41-24(3,4)26(30,31)32/h6-10,13-15,20H,5,11-12H2,1-4H3,(H,33,36). The number of carbonyl (C=O) groups excluding carboxylic acids is 2. The lowest BCUT2D eigenvalue weighted by atomic mass is 10.0. The Kier molecular flexibility index (Phi) is 9.29. The zero-order valence-corrected chi connectivity index (χ0v) is 23.6. The van der Waals surface area contributed by atoms with Gasteiger partial charge >= 0.3 is 24.4 Å². The van der Waals surface area contributed by atoms with E-state index in [1.807, 2.05) is 0 Å². The van der Waals surface area contributed by atoms with E-state index in [4.69, 9.17) is 9.47 Å². The summed E-state index contributed by atoms with van der Waals surface area (Å²) in [5, 5.41) is 2.09. The number of benzene rings is 2. The molecule has 0 saturated carbocycles. The van der Waals surface area contributed by atoms with E-state index in [9.17, 15) is 44.3 Å². The van der Waals surface area contributed by atoms with Crippen LogP contribution in [0.3, 0.4) is 0 Å². The third kappa shape index (κ3) is 7.20. The van der Waals surface area contributed by atoms with Crippen molar-refractivity contribution in [3.8, 4) is 5.75 Å². The van der Waals surface area contributed by atoms with Gasteiger partial charge < -0.3 is 14.2 Å². The molecule has 2 atom stereocenters. The summed E-state index contributed by atoms with van der Waals surface area (Å²) in [6.07, 6.45) is -12.4. The normalized spacial score (nSPS) is 17.6. The molecule has 2 aromatic carbocycles. The molecule has 1 amide bonds. The van der Waals surface area contributed by atoms with Crippen LogP contribution in [-0.2, 0) is 30.5 Å². The minimum absolute atomic E-state index is 0.0209. The van der Waals surface area contributed by atoms with Crippen LogP contribution in [0.15, 0.2) is 47.4 Å². The number of sulfonamides is 1. The monoisotopic (exact) mass is 626 g/mol. The summed E-state index contributed by atoms with van der Waals surface area (Å²) in [6, 6.07) is 5.46. The molecule has 3 rings (SSSR count). The fourth-order valence-electron chi connectivity index (χ4n) is 4.02. The highest BCUT2D eigenvalue weighted by Crippen LogP contribution is 2.43. The second-order valence-corrected chi connectivity index (χ2v) is 11.6. The predicted molar refractivity (Wildman–Crippen MR) is 138 cm³/mol. The van der Waals surface area contributed by atoms with Crippen LogP contribution in [0, 0.1) is 0 Å². The van der Waals surface area contributed by atoms with Gasteiger partial charge in [-0.2, -0.15) is 26.3 Å². The van der Waals surface area contributed by atoms with Crippen molar-refractivity contribution in [2.45, 2.75) is 75.5 Å². The molecule has 0 saturated heterocycles. The first-order chi connectivity index (χ1) is 19.3. The van der Waals surface area contributed by atoms with Crippen molar-refractivity contribution in [2.75, 3.05) is 16.2 Å². The molecule has 1 N–H and O–H groups in total. The van der Waals surface area contributed by atoms with Gasteiger partial charge in [0.2, 0.25) is 5.60 Å². The van der Waals surface area contributed by atoms with Gasteiger partial charge in [-0.1, -0.05) is 6.07 Å². The van der Waals surface area contributed by atoms with Crippen LogP contribution >= 0.6 is 0 Å². The van der Waals surface area contributed by atoms with E-state index in [2.05, 4.69) is 10.1 Å². The number of esters is 1. The third-order valence-electron chi connectivity index (χ3n) is 6.32. The molecule has 0 radical (unpaired) electrons. The number of nitrogens with one attached hydrogen (secondary N) is 1. The van der Waals surface area contributed by atoms with Crippen LogP contribution in [0.4, 0.5) is 42.5 Å². The fourth-order valence-corrected chi connectivity index (χ4v) is 5.75. The van der Waals surface area contributed by atoms with Crippen molar-refractivity contribution < 1.29 is 58.6 Å². The van der Waals surface area contributed by atoms with E-state index >= 15 is 0 Å². The van der Waals surface area contributed by atoms with E-state index in [1.54, 1.807) is 6.92 Å². The zero-order valence-electron chi connectivity index (χ0n) is 22.8. The molecule has 0 bridgehead atoms. The van der Waals surface area contributed by atoms with Crippen LogP contribution in [0.1, 0.15) is 46.1 Å². The average Bonchev–Trinajstić information content (AvgIpc) is 2.86. The summed E-state index contributed by atoms with van der Waals surface area (Å²) in [5.74, 6) is -0.654. The molecule has 1 aliphatic rings. The van der Waals surface area contributed by atoms with Crippen molar-refractivity contribution >= 4 is 33.5 Å². The second-order valence-electron chi connectivity index (χ2n) is 9.77. The lowest BCUT2D eigenvalue weighted by molar-refractivity contribution is -0.242. The van der Waals surface area contributed by atoms with E-state index in [-0.39, 0.29) is 36.6 Å². The molecule has 0 aliphatic carbocycles. The summed E-state index contributed by atoms with van der Waals surface area (Å²) in [5.41, 5.74) is -4.48. The van der Waals surface area contributed by atoms with Gasteiger partial charge in [-0.3, -0.25) is 14.4 Å². The number of nitrogens with zero attached hydrogens (tertiary/aromatic N) is 1. The first-order valence-corrected chi connectivity index (χ1v) is 14.0. The van der Waals surface area contributed by atoms with Crippen LogP contribution in [0.5, 0.6) is 5.75 Å². The number of halogens is 6. The maximum atomic E-state index is 13.8. The van der Waals surface area contributed by atoms with Gasteiger partial charge in [0.15, 0.2) is 0 Å². The Balaban J connectivity index is 2.04. The van der Waals surface area contributed by atoms with Gasteiger partial charge in [0.1, 0.15) is 11.9 Å². The first kappa shape index (κ1) is 32.8. The van der Waals surface area contributed by atoms with Gasteiger partial charge in [0, 0.05) is 12.1 Å². The minimum atomic E-state index is -4.89. The molecule has 0 spiro atoms. The molecule has 9 nitrogen and oxygen atoms in total. The number of hydrogen-bond acceptors (Lipinski definition) is 7. The largest absolute Gasteiger partial charge is 0.486 e. The average molecular weight is 627 g/mol. The summed E-state index contributed by atoms with van der Waals surface area (Å²) in [7, 11) is -4.74. The Morgan fingerprint density at radius 1 is 1.05 bits per heavy atom. The van der Waals surface area contributed by atoms with Crippen LogP contribution in [0.25, 0.3) is 0 Å². The number of alkyl halides is 6. The Labute approximate surface area is 237 Å². The number of anilines is 2. The Morgan fingerprint density at radius 3 is 2.31 bits per heavy atom. The number of ether oxygens (including phenoxy) is 3. The van der Waals surface area contributed by atoms with Crippen molar-refractivity contribution in [1.82, 2.24) is 0 Å². The maximum Gasteiger partial charge on any atom is 0.427 e. The van der Waals surface area contributed by atoms with Crippen molar-refractivity contribution in [2.24, 2.45) is 0 Å². The van der Waals surface area contributed by atoms with Crippen LogP contribution < -0.4 is 14.4 Å². The molecule has 2 aromatic rings. The summed E-state index contributed by atoms with van der Waals surface area (Å²) in [4.78, 5) is 23.5. The number of amides is 1. The van der Waals surface area contributed by atoms with Gasteiger partial charge in [-0.05, 0) is 70.5 Å². The van der Waals surface area contributed by atoms with Gasteiger partial charge in [-0.15, -0.1) is 0 Å². The SMILES string of the molecule is CCOC(=O)CCC1Oc2ccc(NC(=O)OC(C)(C)C(F)(F)F)cc2N(S(=O)(=O)c2cccc(C(F)(F)F)c2)C1C. The Hall–Kier alpha value is -3.69. The summed E-state index contributed by atoms with van der Waals surface area (Å²) >= 11 is 0. The first-order valence-electron chi connectivity index (χ1n) is 12.5. The van der Waals surface area contributed by atoms with Crippen LogP contribution in [-0.4, -0.2) is 51.0 Å². The molecule has 2 unspecified atom stereocenters. The summed E-state index contributed by atoms with van der Waals surface area (Å²) in [6.45, 7) is 4.38. The third-order valence-corrected chi connectivity index (χ3v) is 8.21. The second kappa shape index (κ2) is 11.9. The highest BCUT2D eigenvalue weighted by Gasteiger charge is 2.51. The molecule has 232 valence electrons. The van der Waals surface area contributed by atoms with E-state index in [0.29, 0.717) is 26.0 Å². The van der Waals surface area contributed by atoms with E-state index in [1.165, 1.54) is 19.1 Å². The molecule has 1 aliphatic heterocycles. The molecular formula is C26H28F6N2O7S. The van der Waals surface area contributed by atoms with Crippen molar-refractivity contribution in [1.29, 1.82) is 0 Å². The lowest BCUT2D eigenvalue weighted by Crippen LogP contribution is -2.51. The molecule has 16 heteroatoms. The minimum Gasteiger partial charge on any atom is -0.486 e. The molecular weight excluding hydrogens is 598 g/mol. The smallest absolute Gasteiger partial charge is 0.427 e. The topological polar surface area (TPSA) is 111 Å². The number of hydrogen-bond donors (Lipinski definition) is 1. The van der Waals surface area contributed by atoms with E-state index in [0.717, 1.165) is 22.5 Å². The lowest BCUT2D eigenvalue weighted by Gasteiger charge is -2.41. The molecule has 0 fully saturated rings.